The van der Waals surface area contributed by atoms with Crippen LogP contribution < -0.4 is 0 Å². The van der Waals surface area contributed by atoms with Crippen LogP contribution in [-0.4, -0.2) is 17.4 Å². The third-order valence-electron chi connectivity index (χ3n) is 1.97. The van der Waals surface area contributed by atoms with Crippen molar-refractivity contribution in [1.82, 2.24) is 0 Å². The summed E-state index contributed by atoms with van der Waals surface area (Å²) in [5, 5.41) is 0. The predicted octanol–water partition coefficient (Wildman–Crippen LogP) is 0.917. The summed E-state index contributed by atoms with van der Waals surface area (Å²) in [5.74, 6) is -0.567. The van der Waals surface area contributed by atoms with Crippen LogP contribution in [0.25, 0.3) is 0 Å². The van der Waals surface area contributed by atoms with Gasteiger partial charge in [0.15, 0.2) is 11.4 Å². The van der Waals surface area contributed by atoms with E-state index in [0.29, 0.717) is 0 Å². The van der Waals surface area contributed by atoms with E-state index in [2.05, 4.69) is 0 Å². The second-order valence-electron chi connectivity index (χ2n) is 3.85. The maximum atomic E-state index is 11.4. The predicted molar refractivity (Wildman–Crippen MR) is 39.0 cm³/mol. The summed E-state index contributed by atoms with van der Waals surface area (Å²) in [5.41, 5.74) is -1.88. The van der Waals surface area contributed by atoms with Crippen molar-refractivity contribution in [2.24, 2.45) is 5.41 Å². The maximum absolute atomic E-state index is 11.4. The Kier molecular flexibility index (Phi) is 1.38. The molecule has 62 valence electrons. The fraction of sp³-hybridized carbons (Fsp3) is 0.750. The quantitative estimate of drug-likeness (QED) is 0.387. The molecule has 0 N–H and O–H groups in total. The Balaban J connectivity index is 3.09. The normalized spacial score (nSPS) is 26.9. The lowest BCUT2D eigenvalue weighted by molar-refractivity contribution is -0.151. The molecule has 0 aromatic rings. The molecule has 1 aliphatic heterocycles. The Morgan fingerprint density at radius 3 is 1.64 bits per heavy atom. The molecule has 0 amide bonds. The number of esters is 1. The maximum Gasteiger partial charge on any atom is 0.320 e. The zero-order valence-corrected chi connectivity index (χ0v) is 7.22. The van der Waals surface area contributed by atoms with Gasteiger partial charge in [0.1, 0.15) is 5.41 Å². The molecule has 1 heterocycles. The van der Waals surface area contributed by atoms with Gasteiger partial charge in [0, 0.05) is 0 Å². The van der Waals surface area contributed by atoms with E-state index in [-0.39, 0.29) is 5.78 Å². The van der Waals surface area contributed by atoms with Crippen molar-refractivity contribution in [2.45, 2.75) is 33.3 Å². The fourth-order valence-corrected chi connectivity index (χ4v) is 1.25. The Hall–Kier alpha value is -0.860. The van der Waals surface area contributed by atoms with Crippen molar-refractivity contribution in [1.29, 1.82) is 0 Å². The molecule has 1 fully saturated rings. The molecule has 0 bridgehead atoms. The molecule has 11 heavy (non-hydrogen) atoms. The minimum atomic E-state index is -0.955. The van der Waals surface area contributed by atoms with Crippen LogP contribution in [0.15, 0.2) is 0 Å². The van der Waals surface area contributed by atoms with E-state index in [4.69, 9.17) is 4.74 Å². The molecule has 0 aromatic carbocycles. The Morgan fingerprint density at radius 1 is 1.09 bits per heavy atom. The molecule has 1 rings (SSSR count). The van der Waals surface area contributed by atoms with Crippen LogP contribution in [0, 0.1) is 5.41 Å². The van der Waals surface area contributed by atoms with Crippen molar-refractivity contribution >= 4 is 11.8 Å². The summed E-state index contributed by atoms with van der Waals surface area (Å²) in [6.45, 7) is 6.41. The van der Waals surface area contributed by atoms with Gasteiger partial charge in [0.05, 0.1) is 0 Å². The second-order valence-corrected chi connectivity index (χ2v) is 3.85. The van der Waals surface area contributed by atoms with Crippen LogP contribution in [0.4, 0.5) is 0 Å². The van der Waals surface area contributed by atoms with Gasteiger partial charge in [-0.1, -0.05) is 0 Å². The summed E-state index contributed by atoms with van der Waals surface area (Å²) >= 11 is 0. The summed E-state index contributed by atoms with van der Waals surface area (Å²) in [4.78, 5) is 22.5. The number of ketones is 1. The third kappa shape index (κ3) is 0.951. The Labute approximate surface area is 65.7 Å². The number of Topliss-reactive ketones (excluding diaryl/α,β-unsaturated/α-hetero) is 1. The van der Waals surface area contributed by atoms with Gasteiger partial charge < -0.3 is 4.74 Å². The van der Waals surface area contributed by atoms with Gasteiger partial charge in [-0.05, 0) is 27.7 Å². The monoisotopic (exact) mass is 156 g/mol. The van der Waals surface area contributed by atoms with Gasteiger partial charge >= 0.3 is 5.97 Å². The van der Waals surface area contributed by atoms with Crippen molar-refractivity contribution in [3.05, 3.63) is 0 Å². The number of hydrogen-bond acceptors (Lipinski definition) is 3. The first-order chi connectivity index (χ1) is 4.78. The zero-order chi connectivity index (χ0) is 8.86. The molecule has 0 radical (unpaired) electrons. The van der Waals surface area contributed by atoms with E-state index < -0.39 is 17.0 Å². The van der Waals surface area contributed by atoms with Crippen LogP contribution in [0.5, 0.6) is 0 Å². The highest BCUT2D eigenvalue weighted by molar-refractivity contribution is 6.11. The molecule has 0 saturated carbocycles. The van der Waals surface area contributed by atoms with Gasteiger partial charge in [-0.25, -0.2) is 0 Å². The molecular weight excluding hydrogens is 144 g/mol. The van der Waals surface area contributed by atoms with Crippen LogP contribution in [-0.2, 0) is 14.3 Å². The van der Waals surface area contributed by atoms with E-state index in [1.165, 1.54) is 0 Å². The van der Waals surface area contributed by atoms with E-state index in [9.17, 15) is 9.59 Å². The van der Waals surface area contributed by atoms with E-state index in [1.807, 2.05) is 0 Å². The Morgan fingerprint density at radius 2 is 1.55 bits per heavy atom. The van der Waals surface area contributed by atoms with Gasteiger partial charge in [-0.15, -0.1) is 0 Å². The highest BCUT2D eigenvalue weighted by Gasteiger charge is 2.54. The van der Waals surface area contributed by atoms with Crippen LogP contribution in [0.2, 0.25) is 0 Å². The average molecular weight is 156 g/mol. The molecule has 3 nitrogen and oxygen atoms in total. The van der Waals surface area contributed by atoms with Gasteiger partial charge in [0.2, 0.25) is 0 Å². The van der Waals surface area contributed by atoms with Gasteiger partial charge in [0.25, 0.3) is 0 Å². The minimum absolute atomic E-state index is 0.144. The van der Waals surface area contributed by atoms with Crippen molar-refractivity contribution in [3.8, 4) is 0 Å². The van der Waals surface area contributed by atoms with Crippen molar-refractivity contribution in [3.63, 3.8) is 0 Å². The molecule has 0 aliphatic carbocycles. The van der Waals surface area contributed by atoms with Crippen molar-refractivity contribution < 1.29 is 14.3 Å². The summed E-state index contributed by atoms with van der Waals surface area (Å²) in [6, 6.07) is 0. The molecule has 1 aliphatic rings. The number of carbonyl (C=O) groups excluding carboxylic acids is 2. The lowest BCUT2D eigenvalue weighted by Crippen LogP contribution is -2.34. The molecule has 3 heteroatoms. The fourth-order valence-electron chi connectivity index (χ4n) is 1.25. The number of cyclic esters (lactones) is 1. The van der Waals surface area contributed by atoms with Crippen LogP contribution in [0.3, 0.4) is 0 Å². The number of rotatable bonds is 0. The van der Waals surface area contributed by atoms with Crippen LogP contribution >= 0.6 is 0 Å². The molecule has 0 atom stereocenters. The minimum Gasteiger partial charge on any atom is -0.451 e. The van der Waals surface area contributed by atoms with Crippen LogP contribution in [0.1, 0.15) is 27.7 Å². The molecule has 0 aromatic heterocycles. The SMILES string of the molecule is CC1(C)OC(=O)C(C)(C)C1=O. The topological polar surface area (TPSA) is 43.4 Å². The van der Waals surface area contributed by atoms with E-state index in [1.54, 1.807) is 27.7 Å². The second kappa shape index (κ2) is 1.84. The molecular formula is C8H12O3. The number of hydrogen-bond donors (Lipinski definition) is 0. The Bertz CT molecular complexity index is 225. The standard InChI is InChI=1S/C8H12O3/c1-7(2)5(9)8(3,4)11-6(7)10/h1-4H3. The number of ether oxygens (including phenoxy) is 1. The largest absolute Gasteiger partial charge is 0.451 e. The number of carbonyl (C=O) groups is 2. The first kappa shape index (κ1) is 8.24. The smallest absolute Gasteiger partial charge is 0.320 e. The van der Waals surface area contributed by atoms with Gasteiger partial charge in [-0.3, -0.25) is 9.59 Å². The molecule has 1 saturated heterocycles. The lowest BCUT2D eigenvalue weighted by atomic mass is 9.84. The van der Waals surface area contributed by atoms with E-state index in [0.717, 1.165) is 0 Å². The molecule has 0 unspecified atom stereocenters. The first-order valence-electron chi connectivity index (χ1n) is 3.57. The summed E-state index contributed by atoms with van der Waals surface area (Å²) in [7, 11) is 0. The van der Waals surface area contributed by atoms with Gasteiger partial charge in [-0.2, -0.15) is 0 Å². The summed E-state index contributed by atoms with van der Waals surface area (Å²) < 4.78 is 4.89. The average Bonchev–Trinajstić information content (AvgIpc) is 1.94. The highest BCUT2D eigenvalue weighted by atomic mass is 16.6. The first-order valence-corrected chi connectivity index (χ1v) is 3.57. The van der Waals surface area contributed by atoms with E-state index >= 15 is 0 Å². The van der Waals surface area contributed by atoms with Crippen molar-refractivity contribution in [2.75, 3.05) is 0 Å². The molecule has 0 spiro atoms. The lowest BCUT2D eigenvalue weighted by Gasteiger charge is -2.14. The zero-order valence-electron chi connectivity index (χ0n) is 7.22. The highest BCUT2D eigenvalue weighted by Crippen LogP contribution is 2.35. The third-order valence-corrected chi connectivity index (χ3v) is 1.97. The summed E-state index contributed by atoms with van der Waals surface area (Å²) in [6.07, 6.45) is 0.